The molecule has 5 rings (SSSR count). The number of hydrogen-bond donors (Lipinski definition) is 2. The van der Waals surface area contributed by atoms with Gasteiger partial charge in [-0.05, 0) is 24.6 Å². The Balaban J connectivity index is 1.60. The van der Waals surface area contributed by atoms with Gasteiger partial charge in [0.15, 0.2) is 0 Å². The highest BCUT2D eigenvalue weighted by Gasteiger charge is 2.37. The summed E-state index contributed by atoms with van der Waals surface area (Å²) in [6.45, 7) is 0.890. The van der Waals surface area contributed by atoms with Crippen LogP contribution in [0.2, 0.25) is 0 Å². The van der Waals surface area contributed by atoms with Crippen LogP contribution in [0.1, 0.15) is 17.3 Å². The average Bonchev–Trinajstić information content (AvgIpc) is 3.50. The van der Waals surface area contributed by atoms with E-state index in [0.717, 1.165) is 23.4 Å². The van der Waals surface area contributed by atoms with E-state index >= 15 is 0 Å². The van der Waals surface area contributed by atoms with Gasteiger partial charge in [-0.1, -0.05) is 0 Å². The van der Waals surface area contributed by atoms with E-state index in [2.05, 4.69) is 25.1 Å². The van der Waals surface area contributed by atoms with Crippen molar-refractivity contribution in [2.45, 2.75) is 19.1 Å². The summed E-state index contributed by atoms with van der Waals surface area (Å²) in [7, 11) is 1.81. The maximum absolute atomic E-state index is 12.9. The molecule has 0 fully saturated rings. The number of carbonyl (C=O) groups is 1. The first-order valence-electron chi connectivity index (χ1n) is 9.89. The normalized spacial score (nSPS) is 13.0. The molecule has 33 heavy (non-hydrogen) atoms. The second-order valence-corrected chi connectivity index (χ2v) is 7.59. The fourth-order valence-corrected chi connectivity index (χ4v) is 3.63. The standard InChI is InChI=1S/C21H17F3N8O/c1-11(21(22,23)24)30-20(33)15-8-29-32-4-3-12(5-16(15)32)14-7-25-19-17(14)18(26-10-27-19)13-6-28-31(2)9-13/h3-11H,1-2H3,(H,30,33)(H,25,26,27)/t11-/m1/s1. The molecule has 0 saturated heterocycles. The predicted molar refractivity (Wildman–Crippen MR) is 113 cm³/mol. The van der Waals surface area contributed by atoms with E-state index in [9.17, 15) is 18.0 Å². The SMILES string of the molecule is C[C@@H](NC(=O)c1cnn2ccc(-c3c[nH]c4ncnc(-c5cnn(C)c5)c34)cc12)C(F)(F)F. The van der Waals surface area contributed by atoms with Crippen molar-refractivity contribution in [1.29, 1.82) is 0 Å². The number of halogens is 3. The first-order chi connectivity index (χ1) is 15.7. The van der Waals surface area contributed by atoms with Gasteiger partial charge in [-0.25, -0.2) is 14.5 Å². The van der Waals surface area contributed by atoms with Gasteiger partial charge < -0.3 is 10.3 Å². The summed E-state index contributed by atoms with van der Waals surface area (Å²) < 4.78 is 41.8. The zero-order valence-corrected chi connectivity index (χ0v) is 17.4. The number of aromatic nitrogens is 7. The van der Waals surface area contributed by atoms with Gasteiger partial charge in [0, 0.05) is 36.8 Å². The van der Waals surface area contributed by atoms with Gasteiger partial charge in [0.2, 0.25) is 0 Å². The Labute approximate surface area is 184 Å². The van der Waals surface area contributed by atoms with Crippen molar-refractivity contribution >= 4 is 22.5 Å². The monoisotopic (exact) mass is 454 g/mol. The third kappa shape index (κ3) is 3.58. The van der Waals surface area contributed by atoms with Gasteiger partial charge in [0.25, 0.3) is 5.91 Å². The van der Waals surface area contributed by atoms with Gasteiger partial charge in [0.1, 0.15) is 18.0 Å². The van der Waals surface area contributed by atoms with Crippen molar-refractivity contribution in [3.63, 3.8) is 0 Å². The quantitative estimate of drug-likeness (QED) is 0.433. The molecule has 5 aromatic heterocycles. The molecule has 1 amide bonds. The zero-order chi connectivity index (χ0) is 23.3. The molecule has 2 N–H and O–H groups in total. The molecular formula is C21H17F3N8O. The minimum atomic E-state index is -4.55. The first-order valence-corrected chi connectivity index (χ1v) is 9.89. The molecule has 0 aliphatic rings. The molecular weight excluding hydrogens is 437 g/mol. The summed E-state index contributed by atoms with van der Waals surface area (Å²) in [5.74, 6) is -0.856. The number of nitrogens with zero attached hydrogens (tertiary/aromatic N) is 6. The Hall–Kier alpha value is -4.22. The average molecular weight is 454 g/mol. The smallest absolute Gasteiger partial charge is 0.345 e. The summed E-state index contributed by atoms with van der Waals surface area (Å²) in [5, 5.41) is 11.0. The lowest BCUT2D eigenvalue weighted by Gasteiger charge is -2.16. The number of H-pyrrole nitrogens is 1. The lowest BCUT2D eigenvalue weighted by Crippen LogP contribution is -2.43. The van der Waals surface area contributed by atoms with Crippen LogP contribution in [0.5, 0.6) is 0 Å². The third-order valence-electron chi connectivity index (χ3n) is 5.36. The number of pyridine rings is 1. The van der Waals surface area contributed by atoms with E-state index in [0.29, 0.717) is 22.4 Å². The number of alkyl halides is 3. The minimum Gasteiger partial charge on any atom is -0.345 e. The number of hydrogen-bond acceptors (Lipinski definition) is 5. The predicted octanol–water partition coefficient (Wildman–Crippen LogP) is 3.35. The van der Waals surface area contributed by atoms with Crippen molar-refractivity contribution in [2.24, 2.45) is 7.05 Å². The summed E-state index contributed by atoms with van der Waals surface area (Å²) in [4.78, 5) is 24.4. The maximum Gasteiger partial charge on any atom is 0.408 e. The molecule has 0 radical (unpaired) electrons. The number of fused-ring (bicyclic) bond motifs is 2. The number of rotatable bonds is 4. The first kappa shape index (κ1) is 20.7. The number of nitrogens with one attached hydrogen (secondary N) is 2. The number of amides is 1. The van der Waals surface area contributed by atoms with Crippen molar-refractivity contribution in [1.82, 2.24) is 39.7 Å². The van der Waals surface area contributed by atoms with Gasteiger partial charge in [0.05, 0.1) is 34.6 Å². The van der Waals surface area contributed by atoms with Crippen molar-refractivity contribution in [2.75, 3.05) is 0 Å². The summed E-state index contributed by atoms with van der Waals surface area (Å²) in [6.07, 6.45) is 5.10. The van der Waals surface area contributed by atoms with E-state index in [4.69, 9.17) is 0 Å². The van der Waals surface area contributed by atoms with Crippen LogP contribution in [0, 0.1) is 0 Å². The van der Waals surface area contributed by atoms with Crippen LogP contribution in [0.15, 0.2) is 49.4 Å². The maximum atomic E-state index is 12.9. The highest BCUT2D eigenvalue weighted by Crippen LogP contribution is 2.34. The van der Waals surface area contributed by atoms with E-state index in [1.165, 1.54) is 17.0 Å². The molecule has 9 nitrogen and oxygen atoms in total. The molecule has 0 saturated carbocycles. The highest BCUT2D eigenvalue weighted by atomic mass is 19.4. The molecule has 5 heterocycles. The molecule has 0 aromatic carbocycles. The fraction of sp³-hybridized carbons (Fsp3) is 0.190. The summed E-state index contributed by atoms with van der Waals surface area (Å²) in [5.41, 5.74) is 3.98. The topological polar surface area (TPSA) is 106 Å². The Kier molecular flexibility index (Phi) is 4.65. The molecule has 0 unspecified atom stereocenters. The van der Waals surface area contributed by atoms with Crippen LogP contribution < -0.4 is 5.32 Å². The van der Waals surface area contributed by atoms with E-state index < -0.39 is 18.1 Å². The van der Waals surface area contributed by atoms with E-state index in [1.54, 1.807) is 42.5 Å². The Morgan fingerprint density at radius 2 is 2.00 bits per heavy atom. The molecule has 168 valence electrons. The number of aryl methyl sites for hydroxylation is 1. The Bertz CT molecular complexity index is 1500. The van der Waals surface area contributed by atoms with Gasteiger partial charge in [-0.3, -0.25) is 9.48 Å². The second kappa shape index (κ2) is 7.43. The van der Waals surface area contributed by atoms with Crippen molar-refractivity contribution < 1.29 is 18.0 Å². The number of carbonyl (C=O) groups excluding carboxylic acids is 1. The molecule has 0 aliphatic heterocycles. The molecule has 12 heteroatoms. The molecule has 5 aromatic rings. The van der Waals surface area contributed by atoms with E-state index in [-0.39, 0.29) is 5.56 Å². The van der Waals surface area contributed by atoms with Crippen LogP contribution in [0.4, 0.5) is 13.2 Å². The van der Waals surface area contributed by atoms with Crippen molar-refractivity contribution in [3.05, 3.63) is 55.0 Å². The molecule has 0 spiro atoms. The third-order valence-corrected chi connectivity index (χ3v) is 5.36. The Morgan fingerprint density at radius 1 is 1.18 bits per heavy atom. The van der Waals surface area contributed by atoms with Gasteiger partial charge in [-0.15, -0.1) is 0 Å². The lowest BCUT2D eigenvalue weighted by molar-refractivity contribution is -0.149. The van der Waals surface area contributed by atoms with Crippen molar-refractivity contribution in [3.8, 4) is 22.4 Å². The van der Waals surface area contributed by atoms with Crippen LogP contribution in [0.3, 0.4) is 0 Å². The largest absolute Gasteiger partial charge is 0.408 e. The molecule has 0 aliphatic carbocycles. The molecule has 0 bridgehead atoms. The van der Waals surface area contributed by atoms with Gasteiger partial charge in [-0.2, -0.15) is 23.4 Å². The van der Waals surface area contributed by atoms with Gasteiger partial charge >= 0.3 is 6.18 Å². The molecule has 1 atom stereocenters. The highest BCUT2D eigenvalue weighted by molar-refractivity contribution is 6.04. The summed E-state index contributed by atoms with van der Waals surface area (Å²) in [6, 6.07) is 1.50. The second-order valence-electron chi connectivity index (χ2n) is 7.59. The summed E-state index contributed by atoms with van der Waals surface area (Å²) >= 11 is 0. The fourth-order valence-electron chi connectivity index (χ4n) is 3.63. The minimum absolute atomic E-state index is 0.0384. The van der Waals surface area contributed by atoms with E-state index in [1.807, 2.05) is 11.5 Å². The Morgan fingerprint density at radius 3 is 2.73 bits per heavy atom. The zero-order valence-electron chi connectivity index (χ0n) is 17.4. The number of aromatic amines is 1. The van der Waals surface area contributed by atoms with Crippen LogP contribution in [0.25, 0.3) is 38.9 Å². The van der Waals surface area contributed by atoms with Crippen LogP contribution in [-0.2, 0) is 7.05 Å². The lowest BCUT2D eigenvalue weighted by atomic mass is 10.0. The van der Waals surface area contributed by atoms with Crippen LogP contribution >= 0.6 is 0 Å². The van der Waals surface area contributed by atoms with Crippen LogP contribution in [-0.4, -0.2) is 52.5 Å².